The van der Waals surface area contributed by atoms with Gasteiger partial charge in [-0.2, -0.15) is 5.10 Å². The zero-order valence-electron chi connectivity index (χ0n) is 13.5. The van der Waals surface area contributed by atoms with Gasteiger partial charge in [0.1, 0.15) is 0 Å². The molecule has 1 aromatic heterocycles. The maximum absolute atomic E-state index is 11.3. The molecule has 0 aromatic carbocycles. The summed E-state index contributed by atoms with van der Waals surface area (Å²) in [6, 6.07) is 0.536. The summed E-state index contributed by atoms with van der Waals surface area (Å²) in [6.07, 6.45) is 0.364. The maximum atomic E-state index is 11.3. The zero-order chi connectivity index (χ0) is 15.4. The first-order valence-corrected chi connectivity index (χ1v) is 7.56. The van der Waals surface area contributed by atoms with E-state index in [1.807, 2.05) is 11.6 Å². The van der Waals surface area contributed by atoms with Gasteiger partial charge in [-0.1, -0.05) is 0 Å². The minimum absolute atomic E-state index is 0.194. The number of nitrogens with one attached hydrogen (secondary N) is 1. The van der Waals surface area contributed by atoms with Crippen LogP contribution in [0, 0.1) is 13.8 Å². The fourth-order valence-corrected chi connectivity index (χ4v) is 2.86. The van der Waals surface area contributed by atoms with E-state index in [9.17, 15) is 4.79 Å². The van der Waals surface area contributed by atoms with Crippen molar-refractivity contribution in [1.29, 1.82) is 0 Å². The summed E-state index contributed by atoms with van der Waals surface area (Å²) in [5, 5.41) is 8.03. The van der Waals surface area contributed by atoms with E-state index in [0.29, 0.717) is 19.0 Å². The number of rotatable bonds is 5. The smallest absolute Gasteiger partial charge is 0.307 e. The molecule has 2 heterocycles. The minimum Gasteiger partial charge on any atom is -0.469 e. The number of ether oxygens (including phenoxy) is 1. The largest absolute Gasteiger partial charge is 0.469 e. The highest BCUT2D eigenvalue weighted by Gasteiger charge is 2.19. The van der Waals surface area contributed by atoms with Crippen molar-refractivity contribution in [3.8, 4) is 0 Å². The van der Waals surface area contributed by atoms with Crippen molar-refractivity contribution < 1.29 is 9.53 Å². The van der Waals surface area contributed by atoms with Gasteiger partial charge in [0, 0.05) is 43.5 Å². The first kappa shape index (κ1) is 16.0. The lowest BCUT2D eigenvalue weighted by atomic mass is 10.1. The molecule has 1 N–H and O–H groups in total. The molecule has 1 saturated heterocycles. The summed E-state index contributed by atoms with van der Waals surface area (Å²) in [6.45, 7) is 11.0. The standard InChI is InChI=1S/C15H26N4O2/c1-11-9-18(8-6-16-11)10-14-12(2)17-19(13(14)3)7-5-15(20)21-4/h11,16H,5-10H2,1-4H3/t11-/m1/s1. The van der Waals surface area contributed by atoms with E-state index in [2.05, 4.69) is 33.9 Å². The highest BCUT2D eigenvalue weighted by Crippen LogP contribution is 2.17. The SMILES string of the molecule is COC(=O)CCn1nc(C)c(CN2CCN[C@H](C)C2)c1C. The number of esters is 1. The van der Waals surface area contributed by atoms with E-state index in [4.69, 9.17) is 0 Å². The number of carbonyl (C=O) groups is 1. The second-order valence-electron chi connectivity index (χ2n) is 5.79. The van der Waals surface area contributed by atoms with Gasteiger partial charge in [0.15, 0.2) is 0 Å². The lowest BCUT2D eigenvalue weighted by molar-refractivity contribution is -0.140. The molecular formula is C15H26N4O2. The maximum Gasteiger partial charge on any atom is 0.307 e. The molecule has 0 saturated carbocycles. The molecule has 0 unspecified atom stereocenters. The number of aryl methyl sites for hydroxylation is 2. The van der Waals surface area contributed by atoms with E-state index in [0.717, 1.165) is 37.6 Å². The van der Waals surface area contributed by atoms with Crippen LogP contribution in [0.3, 0.4) is 0 Å². The molecule has 1 atom stereocenters. The van der Waals surface area contributed by atoms with Crippen molar-refractivity contribution >= 4 is 5.97 Å². The van der Waals surface area contributed by atoms with Crippen LogP contribution in [0.1, 0.15) is 30.3 Å². The van der Waals surface area contributed by atoms with Gasteiger partial charge in [-0.15, -0.1) is 0 Å². The average molecular weight is 294 g/mol. The molecule has 0 aliphatic carbocycles. The third-order valence-electron chi connectivity index (χ3n) is 4.12. The third-order valence-corrected chi connectivity index (χ3v) is 4.12. The Hall–Kier alpha value is -1.40. The van der Waals surface area contributed by atoms with Gasteiger partial charge in [0.05, 0.1) is 25.8 Å². The zero-order valence-corrected chi connectivity index (χ0v) is 13.5. The molecule has 1 aliphatic heterocycles. The van der Waals surface area contributed by atoms with Crippen molar-refractivity contribution in [3.63, 3.8) is 0 Å². The van der Waals surface area contributed by atoms with Gasteiger partial charge in [-0.05, 0) is 20.8 Å². The van der Waals surface area contributed by atoms with Gasteiger partial charge >= 0.3 is 5.97 Å². The molecule has 6 heteroatoms. The third kappa shape index (κ3) is 4.04. The Bertz CT molecular complexity index is 498. The number of hydrogen-bond donors (Lipinski definition) is 1. The Labute approximate surface area is 126 Å². The summed E-state index contributed by atoms with van der Waals surface area (Å²) < 4.78 is 6.61. The first-order valence-electron chi connectivity index (χ1n) is 7.56. The van der Waals surface area contributed by atoms with E-state index in [1.165, 1.54) is 12.7 Å². The summed E-state index contributed by atoms with van der Waals surface area (Å²) >= 11 is 0. The quantitative estimate of drug-likeness (QED) is 0.816. The van der Waals surface area contributed by atoms with Crippen molar-refractivity contribution in [2.24, 2.45) is 0 Å². The van der Waals surface area contributed by atoms with E-state index >= 15 is 0 Å². The van der Waals surface area contributed by atoms with Crippen molar-refractivity contribution in [2.45, 2.75) is 46.3 Å². The van der Waals surface area contributed by atoms with Crippen molar-refractivity contribution in [2.75, 3.05) is 26.7 Å². The highest BCUT2D eigenvalue weighted by atomic mass is 16.5. The highest BCUT2D eigenvalue weighted by molar-refractivity contribution is 5.68. The molecule has 0 bridgehead atoms. The number of hydrogen-bond acceptors (Lipinski definition) is 5. The monoisotopic (exact) mass is 294 g/mol. The average Bonchev–Trinajstić information content (AvgIpc) is 2.72. The van der Waals surface area contributed by atoms with Gasteiger partial charge in [-0.25, -0.2) is 0 Å². The van der Waals surface area contributed by atoms with Crippen LogP contribution >= 0.6 is 0 Å². The van der Waals surface area contributed by atoms with Crippen LogP contribution in [0.25, 0.3) is 0 Å². The Morgan fingerprint density at radius 2 is 2.24 bits per heavy atom. The molecule has 1 aliphatic rings. The summed E-state index contributed by atoms with van der Waals surface area (Å²) in [7, 11) is 1.42. The van der Waals surface area contributed by atoms with Crippen LogP contribution in [-0.4, -0.2) is 53.4 Å². The molecular weight excluding hydrogens is 268 g/mol. The number of carbonyl (C=O) groups excluding carboxylic acids is 1. The van der Waals surface area contributed by atoms with Crippen LogP contribution in [0.2, 0.25) is 0 Å². The van der Waals surface area contributed by atoms with E-state index in [-0.39, 0.29) is 5.97 Å². The van der Waals surface area contributed by atoms with Crippen molar-refractivity contribution in [1.82, 2.24) is 20.0 Å². The fraction of sp³-hybridized carbons (Fsp3) is 0.733. The van der Waals surface area contributed by atoms with Gasteiger partial charge in [-0.3, -0.25) is 14.4 Å². The predicted molar refractivity (Wildman–Crippen MR) is 81.1 cm³/mol. The van der Waals surface area contributed by atoms with E-state index in [1.54, 1.807) is 0 Å². The Morgan fingerprint density at radius 3 is 2.90 bits per heavy atom. The second-order valence-corrected chi connectivity index (χ2v) is 5.79. The molecule has 1 fully saturated rings. The van der Waals surface area contributed by atoms with Crippen LogP contribution in [0.4, 0.5) is 0 Å². The molecule has 2 rings (SSSR count). The van der Waals surface area contributed by atoms with Crippen LogP contribution in [0.5, 0.6) is 0 Å². The molecule has 118 valence electrons. The first-order chi connectivity index (χ1) is 10.0. The lowest BCUT2D eigenvalue weighted by Gasteiger charge is -2.31. The molecule has 0 spiro atoms. The fourth-order valence-electron chi connectivity index (χ4n) is 2.86. The van der Waals surface area contributed by atoms with Crippen LogP contribution in [0.15, 0.2) is 0 Å². The Balaban J connectivity index is 2.02. The second kappa shape index (κ2) is 7.04. The van der Waals surface area contributed by atoms with Gasteiger partial charge in [0.2, 0.25) is 0 Å². The van der Waals surface area contributed by atoms with Gasteiger partial charge in [0.25, 0.3) is 0 Å². The number of methoxy groups -OCH3 is 1. The normalized spacial score (nSPS) is 19.7. The molecule has 21 heavy (non-hydrogen) atoms. The molecule has 0 radical (unpaired) electrons. The Morgan fingerprint density at radius 1 is 1.48 bits per heavy atom. The summed E-state index contributed by atoms with van der Waals surface area (Å²) in [5.74, 6) is -0.194. The predicted octanol–water partition coefficient (Wildman–Crippen LogP) is 0.857. The lowest BCUT2D eigenvalue weighted by Crippen LogP contribution is -2.48. The van der Waals surface area contributed by atoms with Crippen LogP contribution < -0.4 is 5.32 Å². The number of nitrogens with zero attached hydrogens (tertiary/aromatic N) is 3. The molecule has 1 aromatic rings. The van der Waals surface area contributed by atoms with Gasteiger partial charge < -0.3 is 10.1 Å². The minimum atomic E-state index is -0.194. The summed E-state index contributed by atoms with van der Waals surface area (Å²) in [4.78, 5) is 13.7. The van der Waals surface area contributed by atoms with E-state index < -0.39 is 0 Å². The Kier molecular flexibility index (Phi) is 5.36. The molecule has 6 nitrogen and oxygen atoms in total. The number of piperazine rings is 1. The number of aromatic nitrogens is 2. The summed E-state index contributed by atoms with van der Waals surface area (Å²) in [5.41, 5.74) is 3.50. The molecule has 0 amide bonds. The van der Waals surface area contributed by atoms with Crippen LogP contribution in [-0.2, 0) is 22.6 Å². The van der Waals surface area contributed by atoms with Crippen molar-refractivity contribution in [3.05, 3.63) is 17.0 Å². The topological polar surface area (TPSA) is 59.4 Å².